The highest BCUT2D eigenvalue weighted by Crippen LogP contribution is 2.24. The Balaban J connectivity index is 1.76. The summed E-state index contributed by atoms with van der Waals surface area (Å²) in [4.78, 5) is 25.1. The zero-order chi connectivity index (χ0) is 15.7. The molecule has 0 spiro atoms. The first kappa shape index (κ1) is 14.8. The molecular weight excluding hydrogens is 306 g/mol. The Morgan fingerprint density at radius 3 is 2.45 bits per heavy atom. The monoisotopic (exact) mass is 323 g/mol. The van der Waals surface area contributed by atoms with Gasteiger partial charge in [0, 0.05) is 25.2 Å². The highest BCUT2D eigenvalue weighted by molar-refractivity contribution is 7.93. The third kappa shape index (κ3) is 2.78. The molecule has 118 valence electrons. The molecule has 0 radical (unpaired) electrons. The van der Waals surface area contributed by atoms with E-state index in [4.69, 9.17) is 0 Å². The van der Waals surface area contributed by atoms with Crippen LogP contribution in [-0.2, 0) is 14.8 Å². The van der Waals surface area contributed by atoms with Crippen LogP contribution in [0, 0.1) is 0 Å². The van der Waals surface area contributed by atoms with Crippen molar-refractivity contribution in [1.29, 1.82) is 0 Å². The molecule has 0 aliphatic carbocycles. The van der Waals surface area contributed by atoms with Gasteiger partial charge in [-0.15, -0.1) is 0 Å². The summed E-state index contributed by atoms with van der Waals surface area (Å²) in [5.74, 6) is -0.221. The quantitative estimate of drug-likeness (QED) is 0.816. The van der Waals surface area contributed by atoms with Gasteiger partial charge in [-0.2, -0.15) is 0 Å². The van der Waals surface area contributed by atoms with E-state index in [2.05, 4.69) is 5.32 Å². The average Bonchev–Trinajstić information content (AvgIpc) is 2.86. The van der Waals surface area contributed by atoms with Crippen LogP contribution in [0.15, 0.2) is 24.3 Å². The number of anilines is 1. The molecule has 2 aliphatic rings. The van der Waals surface area contributed by atoms with E-state index in [0.717, 1.165) is 0 Å². The molecule has 0 aromatic heterocycles. The fraction of sp³-hybridized carbons (Fsp3) is 0.429. The van der Waals surface area contributed by atoms with Gasteiger partial charge in [0.25, 0.3) is 5.91 Å². The highest BCUT2D eigenvalue weighted by atomic mass is 32.2. The van der Waals surface area contributed by atoms with Crippen LogP contribution < -0.4 is 9.62 Å². The lowest BCUT2D eigenvalue weighted by atomic mass is 10.1. The maximum Gasteiger partial charge on any atom is 0.254 e. The third-order valence-corrected chi connectivity index (χ3v) is 5.70. The topological polar surface area (TPSA) is 86.8 Å². The third-order valence-electron chi connectivity index (χ3n) is 3.83. The van der Waals surface area contributed by atoms with E-state index in [-0.39, 0.29) is 24.1 Å². The molecule has 2 amide bonds. The standard InChI is InChI=1S/C14H17N3O4S/c18-13-10-16(8-6-15-13)14(19)11-2-4-12(5-3-11)17-7-1-9-22(17,20)21/h2-5H,1,6-10H2,(H,15,18). The number of rotatable bonds is 2. The molecule has 2 fully saturated rings. The van der Waals surface area contributed by atoms with E-state index in [1.165, 1.54) is 9.21 Å². The summed E-state index contributed by atoms with van der Waals surface area (Å²) in [5.41, 5.74) is 1.03. The lowest BCUT2D eigenvalue weighted by Gasteiger charge is -2.26. The SMILES string of the molecule is O=C1CN(C(=O)c2ccc(N3CCCS3(=O)=O)cc2)CCN1. The minimum atomic E-state index is -3.22. The largest absolute Gasteiger partial charge is 0.353 e. The van der Waals surface area contributed by atoms with Gasteiger partial charge in [-0.25, -0.2) is 8.42 Å². The summed E-state index contributed by atoms with van der Waals surface area (Å²) in [7, 11) is -3.22. The molecule has 2 heterocycles. The second kappa shape index (κ2) is 5.60. The van der Waals surface area contributed by atoms with Crippen LogP contribution in [0.1, 0.15) is 16.8 Å². The molecule has 3 rings (SSSR count). The van der Waals surface area contributed by atoms with Crippen molar-refractivity contribution in [3.63, 3.8) is 0 Å². The number of hydrogen-bond acceptors (Lipinski definition) is 4. The second-order valence-electron chi connectivity index (χ2n) is 5.37. The van der Waals surface area contributed by atoms with E-state index in [9.17, 15) is 18.0 Å². The zero-order valence-electron chi connectivity index (χ0n) is 12.0. The van der Waals surface area contributed by atoms with Crippen LogP contribution in [0.3, 0.4) is 0 Å². The van der Waals surface area contributed by atoms with Gasteiger partial charge < -0.3 is 10.2 Å². The number of piperazine rings is 1. The Morgan fingerprint density at radius 2 is 1.86 bits per heavy atom. The molecule has 0 atom stereocenters. The first-order chi connectivity index (χ1) is 10.5. The minimum Gasteiger partial charge on any atom is -0.353 e. The van der Waals surface area contributed by atoms with E-state index < -0.39 is 10.0 Å². The van der Waals surface area contributed by atoms with Gasteiger partial charge in [0.1, 0.15) is 0 Å². The Kier molecular flexibility index (Phi) is 3.78. The lowest BCUT2D eigenvalue weighted by molar-refractivity contribution is -0.123. The zero-order valence-corrected chi connectivity index (χ0v) is 12.8. The molecule has 0 bridgehead atoms. The second-order valence-corrected chi connectivity index (χ2v) is 7.38. The average molecular weight is 323 g/mol. The summed E-state index contributed by atoms with van der Waals surface area (Å²) in [5, 5.41) is 2.67. The molecular formula is C14H17N3O4S. The Hall–Kier alpha value is -2.09. The van der Waals surface area contributed by atoms with Crippen molar-refractivity contribution in [3.8, 4) is 0 Å². The molecule has 2 saturated heterocycles. The molecule has 22 heavy (non-hydrogen) atoms. The summed E-state index contributed by atoms with van der Waals surface area (Å²) in [6, 6.07) is 6.50. The van der Waals surface area contributed by atoms with Crippen molar-refractivity contribution < 1.29 is 18.0 Å². The number of benzene rings is 1. The molecule has 7 nitrogen and oxygen atoms in total. The van der Waals surface area contributed by atoms with Crippen molar-refractivity contribution in [1.82, 2.24) is 10.2 Å². The number of nitrogens with zero attached hydrogens (tertiary/aromatic N) is 2. The molecule has 1 aromatic carbocycles. The fourth-order valence-corrected chi connectivity index (χ4v) is 4.26. The van der Waals surface area contributed by atoms with Crippen LogP contribution in [0.25, 0.3) is 0 Å². The normalized spacial score (nSPS) is 20.8. The van der Waals surface area contributed by atoms with Gasteiger partial charge >= 0.3 is 0 Å². The Morgan fingerprint density at radius 1 is 1.14 bits per heavy atom. The molecule has 0 unspecified atom stereocenters. The number of hydrogen-bond donors (Lipinski definition) is 1. The lowest BCUT2D eigenvalue weighted by Crippen LogP contribution is -2.49. The predicted octanol–water partition coefficient (Wildman–Crippen LogP) is -0.201. The van der Waals surface area contributed by atoms with Crippen LogP contribution in [0.2, 0.25) is 0 Å². The van der Waals surface area contributed by atoms with Crippen molar-refractivity contribution in [3.05, 3.63) is 29.8 Å². The molecule has 8 heteroatoms. The summed E-state index contributed by atoms with van der Waals surface area (Å²) < 4.78 is 25.1. The van der Waals surface area contributed by atoms with Crippen LogP contribution in [0.4, 0.5) is 5.69 Å². The Labute approximate surface area is 128 Å². The van der Waals surface area contributed by atoms with Crippen molar-refractivity contribution in [2.24, 2.45) is 0 Å². The molecule has 2 aliphatic heterocycles. The maximum atomic E-state index is 12.3. The Bertz CT molecular complexity index is 699. The van der Waals surface area contributed by atoms with Crippen LogP contribution in [-0.4, -0.2) is 57.1 Å². The van der Waals surface area contributed by atoms with Crippen molar-refractivity contribution in [2.45, 2.75) is 6.42 Å². The number of carbonyl (C=O) groups is 2. The van der Waals surface area contributed by atoms with Crippen molar-refractivity contribution in [2.75, 3.05) is 36.2 Å². The minimum absolute atomic E-state index is 0.0566. The van der Waals surface area contributed by atoms with Gasteiger partial charge in [0.2, 0.25) is 15.9 Å². The molecule has 1 N–H and O–H groups in total. The van der Waals surface area contributed by atoms with Crippen molar-refractivity contribution >= 4 is 27.5 Å². The molecule has 1 aromatic rings. The summed E-state index contributed by atoms with van der Waals surface area (Å²) in [6.45, 7) is 1.46. The first-order valence-electron chi connectivity index (χ1n) is 7.14. The van der Waals surface area contributed by atoms with Gasteiger partial charge in [-0.05, 0) is 30.7 Å². The number of amides is 2. The van der Waals surface area contributed by atoms with Crippen LogP contribution in [0.5, 0.6) is 0 Å². The predicted molar refractivity (Wildman–Crippen MR) is 81.1 cm³/mol. The number of nitrogens with one attached hydrogen (secondary N) is 1. The maximum absolute atomic E-state index is 12.3. The summed E-state index contributed by atoms with van der Waals surface area (Å²) >= 11 is 0. The number of sulfonamides is 1. The highest BCUT2D eigenvalue weighted by Gasteiger charge is 2.28. The fourth-order valence-electron chi connectivity index (χ4n) is 2.69. The van der Waals surface area contributed by atoms with E-state index >= 15 is 0 Å². The van der Waals surface area contributed by atoms with Gasteiger partial charge in [-0.3, -0.25) is 13.9 Å². The molecule has 0 saturated carbocycles. The number of carbonyl (C=O) groups excluding carboxylic acids is 2. The van der Waals surface area contributed by atoms with E-state index in [0.29, 0.717) is 37.3 Å². The smallest absolute Gasteiger partial charge is 0.254 e. The summed E-state index contributed by atoms with van der Waals surface area (Å²) in [6.07, 6.45) is 0.617. The van der Waals surface area contributed by atoms with Gasteiger partial charge in [0.05, 0.1) is 18.0 Å². The van der Waals surface area contributed by atoms with Gasteiger partial charge in [0.15, 0.2) is 0 Å². The van der Waals surface area contributed by atoms with E-state index in [1.54, 1.807) is 24.3 Å². The van der Waals surface area contributed by atoms with E-state index in [1.807, 2.05) is 0 Å². The van der Waals surface area contributed by atoms with Crippen LogP contribution >= 0.6 is 0 Å². The first-order valence-corrected chi connectivity index (χ1v) is 8.75. The van der Waals surface area contributed by atoms with Gasteiger partial charge in [-0.1, -0.05) is 0 Å².